The van der Waals surface area contributed by atoms with Crippen molar-refractivity contribution in [3.8, 4) is 0 Å². The zero-order valence-corrected chi connectivity index (χ0v) is 13.0. The van der Waals surface area contributed by atoms with E-state index >= 15 is 0 Å². The van der Waals surface area contributed by atoms with Crippen LogP contribution < -0.4 is 11.1 Å². The van der Waals surface area contributed by atoms with Crippen molar-refractivity contribution >= 4 is 29.9 Å². The molecule has 0 bridgehead atoms. The van der Waals surface area contributed by atoms with Crippen LogP contribution in [-0.2, 0) is 6.42 Å². The zero-order valence-electron chi connectivity index (χ0n) is 10.7. The van der Waals surface area contributed by atoms with Crippen molar-refractivity contribution in [1.29, 1.82) is 0 Å². The lowest BCUT2D eigenvalue weighted by Crippen LogP contribution is -2.38. The molecule has 1 heterocycles. The summed E-state index contributed by atoms with van der Waals surface area (Å²) in [6.07, 6.45) is 5.74. The molecular weight excluding hydrogens is 343 g/mol. The van der Waals surface area contributed by atoms with E-state index in [0.29, 0.717) is 18.5 Å². The maximum atomic E-state index is 5.82. The fourth-order valence-corrected chi connectivity index (χ4v) is 2.15. The minimum atomic E-state index is 0. The van der Waals surface area contributed by atoms with Crippen LogP contribution in [0.5, 0.6) is 0 Å². The van der Waals surface area contributed by atoms with E-state index in [1.807, 2.05) is 13.0 Å². The highest BCUT2D eigenvalue weighted by atomic mass is 127. The first-order valence-electron chi connectivity index (χ1n) is 6.22. The Kier molecular flexibility index (Phi) is 6.45. The van der Waals surface area contributed by atoms with E-state index in [1.165, 1.54) is 25.7 Å². The average Bonchev–Trinajstić information content (AvgIpc) is 2.90. The molecule has 0 aromatic carbocycles. The van der Waals surface area contributed by atoms with Crippen molar-refractivity contribution in [3.05, 3.63) is 17.5 Å². The molecule has 0 aliphatic heterocycles. The van der Waals surface area contributed by atoms with Gasteiger partial charge in [0.15, 0.2) is 5.96 Å². The molecule has 1 aromatic rings. The van der Waals surface area contributed by atoms with Gasteiger partial charge in [-0.25, -0.2) is 0 Å². The van der Waals surface area contributed by atoms with Gasteiger partial charge in [-0.1, -0.05) is 18.0 Å². The minimum absolute atomic E-state index is 0. The van der Waals surface area contributed by atoms with Gasteiger partial charge in [0.25, 0.3) is 0 Å². The molecule has 1 aromatic heterocycles. The van der Waals surface area contributed by atoms with Crippen LogP contribution in [-0.4, -0.2) is 23.7 Å². The molecule has 0 atom stereocenters. The van der Waals surface area contributed by atoms with Gasteiger partial charge < -0.3 is 15.6 Å². The van der Waals surface area contributed by atoms with Crippen LogP contribution in [0.2, 0.25) is 0 Å². The van der Waals surface area contributed by atoms with Gasteiger partial charge in [-0.05, 0) is 19.8 Å². The number of aliphatic imine (C=N–C) groups is 1. The van der Waals surface area contributed by atoms with Gasteiger partial charge >= 0.3 is 0 Å². The van der Waals surface area contributed by atoms with Gasteiger partial charge in [0.05, 0.1) is 5.69 Å². The summed E-state index contributed by atoms with van der Waals surface area (Å²) in [5.74, 6) is 1.41. The van der Waals surface area contributed by atoms with Gasteiger partial charge in [0.2, 0.25) is 0 Å². The number of rotatable bonds is 4. The lowest BCUT2D eigenvalue weighted by Gasteiger charge is -2.11. The fraction of sp³-hybridized carbons (Fsp3) is 0.667. The summed E-state index contributed by atoms with van der Waals surface area (Å²) in [7, 11) is 0. The normalized spacial score (nSPS) is 16.6. The van der Waals surface area contributed by atoms with Crippen molar-refractivity contribution in [3.63, 3.8) is 0 Å². The van der Waals surface area contributed by atoms with Gasteiger partial charge in [0, 0.05) is 25.1 Å². The van der Waals surface area contributed by atoms with Crippen molar-refractivity contribution in [2.75, 3.05) is 6.54 Å². The van der Waals surface area contributed by atoms with Crippen LogP contribution in [0.15, 0.2) is 15.6 Å². The minimum Gasteiger partial charge on any atom is -0.370 e. The molecule has 0 saturated heterocycles. The summed E-state index contributed by atoms with van der Waals surface area (Å²) in [5, 5.41) is 7.08. The van der Waals surface area contributed by atoms with Crippen molar-refractivity contribution in [1.82, 2.24) is 10.5 Å². The number of nitrogens with zero attached hydrogens (tertiary/aromatic N) is 2. The second kappa shape index (κ2) is 7.60. The first kappa shape index (κ1) is 15.3. The highest BCUT2D eigenvalue weighted by molar-refractivity contribution is 14.0. The number of aryl methyl sites for hydroxylation is 1. The van der Waals surface area contributed by atoms with E-state index in [-0.39, 0.29) is 24.0 Å². The lowest BCUT2D eigenvalue weighted by molar-refractivity contribution is 0.381. The number of aromatic nitrogens is 1. The van der Waals surface area contributed by atoms with Crippen LogP contribution in [0.1, 0.15) is 37.1 Å². The molecule has 2 rings (SSSR count). The zero-order chi connectivity index (χ0) is 12.1. The Morgan fingerprint density at radius 3 is 2.89 bits per heavy atom. The Bertz CT molecular complexity index is 385. The lowest BCUT2D eigenvalue weighted by atomic mass is 10.2. The summed E-state index contributed by atoms with van der Waals surface area (Å²) >= 11 is 0. The molecule has 102 valence electrons. The highest BCUT2D eigenvalue weighted by Gasteiger charge is 2.14. The molecule has 1 aliphatic carbocycles. The van der Waals surface area contributed by atoms with Gasteiger partial charge in [-0.15, -0.1) is 24.0 Å². The largest absolute Gasteiger partial charge is 0.370 e. The number of guanidine groups is 1. The molecule has 0 unspecified atom stereocenters. The molecule has 6 heteroatoms. The van der Waals surface area contributed by atoms with Crippen molar-refractivity contribution in [2.45, 2.75) is 45.1 Å². The monoisotopic (exact) mass is 364 g/mol. The predicted octanol–water partition coefficient (Wildman–Crippen LogP) is 1.99. The Morgan fingerprint density at radius 2 is 2.28 bits per heavy atom. The van der Waals surface area contributed by atoms with Gasteiger partial charge in [-0.2, -0.15) is 0 Å². The smallest absolute Gasteiger partial charge is 0.188 e. The molecule has 3 N–H and O–H groups in total. The summed E-state index contributed by atoms with van der Waals surface area (Å²) in [6, 6.07) is 2.45. The van der Waals surface area contributed by atoms with Crippen LogP contribution in [0.25, 0.3) is 0 Å². The number of hydrogen-bond acceptors (Lipinski definition) is 3. The summed E-state index contributed by atoms with van der Waals surface area (Å²) in [5.41, 5.74) is 6.72. The van der Waals surface area contributed by atoms with Crippen molar-refractivity contribution < 1.29 is 4.52 Å². The van der Waals surface area contributed by atoms with E-state index in [9.17, 15) is 0 Å². The highest BCUT2D eigenvalue weighted by Crippen LogP contribution is 2.17. The predicted molar refractivity (Wildman–Crippen MR) is 82.2 cm³/mol. The molecule has 18 heavy (non-hydrogen) atoms. The molecule has 1 fully saturated rings. The second-order valence-electron chi connectivity index (χ2n) is 4.58. The van der Waals surface area contributed by atoms with Crippen LogP contribution in [0.3, 0.4) is 0 Å². The molecule has 0 radical (unpaired) electrons. The number of nitrogens with one attached hydrogen (secondary N) is 1. The maximum absolute atomic E-state index is 5.82. The Morgan fingerprint density at radius 1 is 1.56 bits per heavy atom. The molecular formula is C12H21IN4O. The van der Waals surface area contributed by atoms with Crippen LogP contribution in [0.4, 0.5) is 0 Å². The molecule has 5 nitrogen and oxygen atoms in total. The number of nitrogens with two attached hydrogens (primary N) is 1. The Labute approximate surface area is 125 Å². The molecule has 0 spiro atoms. The third kappa shape index (κ3) is 4.83. The van der Waals surface area contributed by atoms with E-state index in [4.69, 9.17) is 10.3 Å². The number of hydrogen-bond donors (Lipinski definition) is 2. The number of halogens is 1. The summed E-state index contributed by atoms with van der Waals surface area (Å²) < 4.78 is 5.10. The van der Waals surface area contributed by atoms with Crippen molar-refractivity contribution in [2.24, 2.45) is 10.7 Å². The van der Waals surface area contributed by atoms with Gasteiger partial charge in [-0.3, -0.25) is 4.99 Å². The second-order valence-corrected chi connectivity index (χ2v) is 4.58. The third-order valence-corrected chi connectivity index (χ3v) is 3.02. The van der Waals surface area contributed by atoms with Crippen LogP contribution >= 0.6 is 24.0 Å². The quantitative estimate of drug-likeness (QED) is 0.487. The van der Waals surface area contributed by atoms with Crippen LogP contribution in [0, 0.1) is 6.92 Å². The SMILES string of the molecule is Cc1cc(CCN=C(N)NC2CCCC2)on1.I. The third-order valence-electron chi connectivity index (χ3n) is 3.02. The first-order valence-corrected chi connectivity index (χ1v) is 6.22. The van der Waals surface area contributed by atoms with E-state index in [2.05, 4.69) is 15.5 Å². The molecule has 1 aliphatic rings. The maximum Gasteiger partial charge on any atom is 0.188 e. The van der Waals surface area contributed by atoms with E-state index in [1.54, 1.807) is 0 Å². The molecule has 0 amide bonds. The first-order chi connectivity index (χ1) is 8.24. The topological polar surface area (TPSA) is 76.4 Å². The average molecular weight is 364 g/mol. The van der Waals surface area contributed by atoms with E-state index in [0.717, 1.165) is 17.9 Å². The Hall–Kier alpha value is -0.790. The summed E-state index contributed by atoms with van der Waals surface area (Å²) in [4.78, 5) is 4.29. The summed E-state index contributed by atoms with van der Waals surface area (Å²) in [6.45, 7) is 2.55. The van der Waals surface area contributed by atoms with E-state index < -0.39 is 0 Å². The van der Waals surface area contributed by atoms with Gasteiger partial charge in [0.1, 0.15) is 5.76 Å². The standard InChI is InChI=1S/C12H20N4O.HI/c1-9-8-11(17-16-9)6-7-14-12(13)15-10-4-2-3-5-10;/h8,10H,2-7H2,1H3,(H3,13,14,15);1H. The Balaban J connectivity index is 0.00000162. The molecule has 1 saturated carbocycles. The fourth-order valence-electron chi connectivity index (χ4n) is 2.15.